The summed E-state index contributed by atoms with van der Waals surface area (Å²) in [5.41, 5.74) is 5.51. The van der Waals surface area contributed by atoms with Gasteiger partial charge in [-0.3, -0.25) is 0 Å². The van der Waals surface area contributed by atoms with Gasteiger partial charge >= 0.3 is 0 Å². The van der Waals surface area contributed by atoms with E-state index in [1.165, 1.54) is 11.1 Å². The third-order valence-corrected chi connectivity index (χ3v) is 5.89. The van der Waals surface area contributed by atoms with Crippen LogP contribution in [0.2, 0.25) is 0 Å². The molecule has 0 saturated heterocycles. The van der Waals surface area contributed by atoms with E-state index in [0.29, 0.717) is 17.5 Å². The second-order valence-electron chi connectivity index (χ2n) is 6.02. The Kier molecular flexibility index (Phi) is 4.86. The van der Waals surface area contributed by atoms with Crippen LogP contribution in [0.4, 0.5) is 0 Å². The molecule has 2 heterocycles. The number of hydrogen-bond donors (Lipinski definition) is 0. The monoisotopic (exact) mass is 379 g/mol. The van der Waals surface area contributed by atoms with Crippen molar-refractivity contribution in [3.8, 4) is 22.7 Å². The Labute approximate surface area is 160 Å². The highest BCUT2D eigenvalue weighted by molar-refractivity contribution is 8.00. The molecule has 2 aromatic carbocycles. The minimum absolute atomic E-state index is 0.559. The Morgan fingerprint density at radius 1 is 0.962 bits per heavy atom. The zero-order valence-corrected chi connectivity index (χ0v) is 16.1. The second-order valence-corrected chi connectivity index (χ2v) is 8.10. The molecule has 0 atom stereocenters. The highest BCUT2D eigenvalue weighted by Gasteiger charge is 2.11. The average molecular weight is 380 g/mol. The first kappa shape index (κ1) is 17.0. The van der Waals surface area contributed by atoms with Gasteiger partial charge in [-0.1, -0.05) is 59.3 Å². The molecule has 4 nitrogen and oxygen atoms in total. The average Bonchev–Trinajstić information content (AvgIpc) is 3.30. The van der Waals surface area contributed by atoms with Crippen molar-refractivity contribution >= 4 is 23.1 Å². The van der Waals surface area contributed by atoms with Crippen LogP contribution in [-0.4, -0.2) is 15.2 Å². The van der Waals surface area contributed by atoms with Crippen LogP contribution < -0.4 is 0 Å². The highest BCUT2D eigenvalue weighted by Crippen LogP contribution is 2.30. The number of benzene rings is 2. The molecule has 0 aliphatic heterocycles. The number of aryl methyl sites for hydroxylation is 2. The molecule has 0 unspecified atom stereocenters. The van der Waals surface area contributed by atoms with Crippen molar-refractivity contribution in [2.24, 2.45) is 0 Å². The molecule has 4 aromatic rings. The van der Waals surface area contributed by atoms with E-state index in [0.717, 1.165) is 21.2 Å². The van der Waals surface area contributed by atoms with Crippen molar-refractivity contribution in [3.63, 3.8) is 0 Å². The van der Waals surface area contributed by atoms with E-state index in [4.69, 9.17) is 9.40 Å². The molecule has 0 radical (unpaired) electrons. The number of thioether (sulfide) groups is 1. The molecule has 0 N–H and O–H groups in total. The molecule has 6 heteroatoms. The van der Waals surface area contributed by atoms with Crippen LogP contribution in [0, 0.1) is 13.8 Å². The molecular weight excluding hydrogens is 362 g/mol. The minimum atomic E-state index is 0.559. The quantitative estimate of drug-likeness (QED) is 0.412. The summed E-state index contributed by atoms with van der Waals surface area (Å²) in [6, 6.07) is 16.5. The van der Waals surface area contributed by atoms with Crippen molar-refractivity contribution in [1.29, 1.82) is 0 Å². The maximum absolute atomic E-state index is 5.78. The lowest BCUT2D eigenvalue weighted by molar-refractivity contribution is 0.528. The molecule has 0 aliphatic carbocycles. The van der Waals surface area contributed by atoms with Gasteiger partial charge < -0.3 is 4.42 Å². The Bertz CT molecular complexity index is 1020. The maximum atomic E-state index is 5.78. The Hall–Kier alpha value is -2.44. The third-order valence-electron chi connectivity index (χ3n) is 3.88. The topological polar surface area (TPSA) is 51.8 Å². The third kappa shape index (κ3) is 3.86. The molecule has 0 bridgehead atoms. The second kappa shape index (κ2) is 7.43. The zero-order chi connectivity index (χ0) is 17.9. The number of rotatable bonds is 5. The molecule has 0 fully saturated rings. The molecule has 130 valence electrons. The van der Waals surface area contributed by atoms with Crippen molar-refractivity contribution < 1.29 is 4.42 Å². The normalized spacial score (nSPS) is 11.0. The van der Waals surface area contributed by atoms with E-state index in [-0.39, 0.29) is 0 Å². The zero-order valence-electron chi connectivity index (χ0n) is 14.5. The van der Waals surface area contributed by atoms with Crippen LogP contribution >= 0.6 is 23.1 Å². The van der Waals surface area contributed by atoms with Crippen LogP contribution in [0.25, 0.3) is 22.7 Å². The van der Waals surface area contributed by atoms with Crippen molar-refractivity contribution in [2.75, 3.05) is 0 Å². The van der Waals surface area contributed by atoms with Crippen LogP contribution in [0.15, 0.2) is 62.7 Å². The Balaban J connectivity index is 1.43. The first-order valence-electron chi connectivity index (χ1n) is 8.22. The number of thiazole rings is 1. The van der Waals surface area contributed by atoms with Gasteiger partial charge in [-0.05, 0) is 26.0 Å². The lowest BCUT2D eigenvalue weighted by Gasteiger charge is -1.97. The Morgan fingerprint density at radius 3 is 2.62 bits per heavy atom. The van der Waals surface area contributed by atoms with E-state index in [1.807, 2.05) is 31.2 Å². The largest absolute Gasteiger partial charge is 0.420 e. The molecule has 4 rings (SSSR count). The van der Waals surface area contributed by atoms with Gasteiger partial charge in [0.25, 0.3) is 0 Å². The SMILES string of the molecule is Cc1ccc(-c2csc(SCc3nnc(-c4cccc(C)c4)o3)n2)cc1. The summed E-state index contributed by atoms with van der Waals surface area (Å²) in [7, 11) is 0. The smallest absolute Gasteiger partial charge is 0.247 e. The van der Waals surface area contributed by atoms with Gasteiger partial charge in [0.15, 0.2) is 4.34 Å². The molecule has 0 spiro atoms. The number of nitrogens with zero attached hydrogens (tertiary/aromatic N) is 3. The molecule has 26 heavy (non-hydrogen) atoms. The molecular formula is C20H17N3OS2. The summed E-state index contributed by atoms with van der Waals surface area (Å²) in [6.45, 7) is 4.13. The lowest BCUT2D eigenvalue weighted by atomic mass is 10.1. The van der Waals surface area contributed by atoms with Crippen LogP contribution in [0.5, 0.6) is 0 Å². The summed E-state index contributed by atoms with van der Waals surface area (Å²) in [4.78, 5) is 4.69. The van der Waals surface area contributed by atoms with Crippen LogP contribution in [0.3, 0.4) is 0 Å². The van der Waals surface area contributed by atoms with E-state index in [9.17, 15) is 0 Å². The van der Waals surface area contributed by atoms with E-state index in [1.54, 1.807) is 23.1 Å². The number of hydrogen-bond acceptors (Lipinski definition) is 6. The fourth-order valence-electron chi connectivity index (χ4n) is 2.51. The summed E-state index contributed by atoms with van der Waals surface area (Å²) >= 11 is 3.25. The first-order valence-corrected chi connectivity index (χ1v) is 10.1. The first-order chi connectivity index (χ1) is 12.7. The van der Waals surface area contributed by atoms with Gasteiger partial charge in [0, 0.05) is 16.5 Å². The van der Waals surface area contributed by atoms with Crippen molar-refractivity contribution in [2.45, 2.75) is 23.9 Å². The maximum Gasteiger partial charge on any atom is 0.247 e. The predicted molar refractivity (Wildman–Crippen MR) is 106 cm³/mol. The standard InChI is InChI=1S/C20H17N3OS2/c1-13-6-8-15(9-7-13)17-11-25-20(21-17)26-12-18-22-23-19(24-18)16-5-3-4-14(2)10-16/h3-11H,12H2,1-2H3. The molecule has 0 saturated carbocycles. The van der Waals surface area contributed by atoms with Crippen LogP contribution in [0.1, 0.15) is 17.0 Å². The highest BCUT2D eigenvalue weighted by atomic mass is 32.2. The summed E-state index contributed by atoms with van der Waals surface area (Å²) in [5.74, 6) is 1.78. The molecule has 0 aliphatic rings. The summed E-state index contributed by atoms with van der Waals surface area (Å²) < 4.78 is 6.78. The van der Waals surface area contributed by atoms with Crippen molar-refractivity contribution in [1.82, 2.24) is 15.2 Å². The van der Waals surface area contributed by atoms with Gasteiger partial charge in [0.2, 0.25) is 11.8 Å². The van der Waals surface area contributed by atoms with E-state index in [2.05, 4.69) is 46.8 Å². The summed E-state index contributed by atoms with van der Waals surface area (Å²) in [6.07, 6.45) is 0. The predicted octanol–water partition coefficient (Wildman–Crippen LogP) is 5.77. The van der Waals surface area contributed by atoms with Gasteiger partial charge in [0.05, 0.1) is 11.4 Å². The molecule has 2 aromatic heterocycles. The number of aromatic nitrogens is 3. The molecule has 0 amide bonds. The minimum Gasteiger partial charge on any atom is -0.420 e. The van der Waals surface area contributed by atoms with Crippen LogP contribution in [-0.2, 0) is 5.75 Å². The fourth-order valence-corrected chi connectivity index (χ4v) is 4.18. The Morgan fingerprint density at radius 2 is 1.81 bits per heavy atom. The fraction of sp³-hybridized carbons (Fsp3) is 0.150. The van der Waals surface area contributed by atoms with Gasteiger partial charge in [-0.15, -0.1) is 21.5 Å². The van der Waals surface area contributed by atoms with Crippen molar-refractivity contribution in [3.05, 3.63) is 70.9 Å². The van der Waals surface area contributed by atoms with E-state index < -0.39 is 0 Å². The van der Waals surface area contributed by atoms with Gasteiger partial charge in [-0.2, -0.15) is 0 Å². The van der Waals surface area contributed by atoms with Gasteiger partial charge in [0.1, 0.15) is 0 Å². The van der Waals surface area contributed by atoms with Gasteiger partial charge in [-0.25, -0.2) is 4.98 Å². The van der Waals surface area contributed by atoms with E-state index >= 15 is 0 Å². The summed E-state index contributed by atoms with van der Waals surface area (Å²) in [5, 5.41) is 10.4. The lowest BCUT2D eigenvalue weighted by Crippen LogP contribution is -1.81.